The minimum atomic E-state index is -2.39. The molecule has 1 aliphatic rings. The van der Waals surface area contributed by atoms with Crippen LogP contribution in [-0.2, 0) is 18.6 Å². The van der Waals surface area contributed by atoms with Crippen molar-refractivity contribution in [3.63, 3.8) is 0 Å². The van der Waals surface area contributed by atoms with E-state index in [9.17, 15) is 9.36 Å². The predicted molar refractivity (Wildman–Crippen MR) is 36.5 cm³/mol. The van der Waals surface area contributed by atoms with Gasteiger partial charge in [-0.05, 0) is 0 Å². The van der Waals surface area contributed by atoms with Gasteiger partial charge in [-0.2, -0.15) is 0 Å². The van der Waals surface area contributed by atoms with Crippen LogP contribution in [0.25, 0.3) is 0 Å². The maximum absolute atomic E-state index is 10.9. The molecule has 5 nitrogen and oxygen atoms in total. The first-order valence-corrected chi connectivity index (χ1v) is 4.28. The van der Waals surface area contributed by atoms with Gasteiger partial charge in [-0.15, -0.1) is 0 Å². The number of hydrogen-bond donors (Lipinski definition) is 0. The van der Waals surface area contributed by atoms with Crippen LogP contribution >= 0.6 is 8.03 Å². The summed E-state index contributed by atoms with van der Waals surface area (Å²) >= 11 is 0. The third-order valence-electron chi connectivity index (χ3n) is 1.05. The molecule has 0 saturated carbocycles. The summed E-state index contributed by atoms with van der Waals surface area (Å²) in [6.07, 6.45) is 0.244. The Kier molecular flexibility index (Phi) is 2.54. The van der Waals surface area contributed by atoms with Crippen LogP contribution in [0.2, 0.25) is 0 Å². The number of ether oxygens (including phenoxy) is 2. The maximum atomic E-state index is 10.9. The quantitative estimate of drug-likeness (QED) is 0.368. The van der Waals surface area contributed by atoms with Crippen LogP contribution in [0.5, 0.6) is 0 Å². The first-order chi connectivity index (χ1) is 5.24. The first kappa shape index (κ1) is 8.14. The molecule has 1 rings (SSSR count). The molecule has 6 heteroatoms. The first-order valence-electron chi connectivity index (χ1n) is 2.89. The monoisotopic (exact) mass is 178 g/mol. The number of cyclic esters (lactones) is 2. The SMILES string of the molecule is C=CO[PH](=O)C1COC(=O)O1. The molecule has 1 heterocycles. The van der Waals surface area contributed by atoms with Crippen molar-refractivity contribution in [1.29, 1.82) is 0 Å². The average molecular weight is 178 g/mol. The Labute approximate surface area is 63.8 Å². The van der Waals surface area contributed by atoms with Crippen LogP contribution in [0, 0.1) is 0 Å². The molecule has 1 aliphatic heterocycles. The van der Waals surface area contributed by atoms with E-state index in [2.05, 4.69) is 20.6 Å². The fourth-order valence-corrected chi connectivity index (χ4v) is 1.33. The van der Waals surface area contributed by atoms with Crippen molar-refractivity contribution in [3.05, 3.63) is 12.8 Å². The third kappa shape index (κ3) is 1.98. The van der Waals surface area contributed by atoms with Gasteiger partial charge >= 0.3 is 6.16 Å². The lowest BCUT2D eigenvalue weighted by Gasteiger charge is -2.03. The van der Waals surface area contributed by atoms with Crippen molar-refractivity contribution < 1.29 is 23.4 Å². The zero-order valence-electron chi connectivity index (χ0n) is 5.61. The Morgan fingerprint density at radius 1 is 1.82 bits per heavy atom. The number of rotatable bonds is 3. The summed E-state index contributed by atoms with van der Waals surface area (Å²) < 4.78 is 24.3. The van der Waals surface area contributed by atoms with Crippen molar-refractivity contribution in [2.24, 2.45) is 0 Å². The molecule has 11 heavy (non-hydrogen) atoms. The van der Waals surface area contributed by atoms with Gasteiger partial charge in [0.15, 0.2) is 0 Å². The minimum Gasteiger partial charge on any atom is -0.451 e. The van der Waals surface area contributed by atoms with Gasteiger partial charge in [0.1, 0.15) is 6.61 Å². The van der Waals surface area contributed by atoms with Crippen molar-refractivity contribution >= 4 is 14.2 Å². The highest BCUT2D eigenvalue weighted by Crippen LogP contribution is 2.33. The largest absolute Gasteiger partial charge is 0.509 e. The van der Waals surface area contributed by atoms with Gasteiger partial charge in [0.2, 0.25) is 5.85 Å². The summed E-state index contributed by atoms with van der Waals surface area (Å²) in [5.74, 6) is -0.759. The molecule has 1 fully saturated rings. The van der Waals surface area contributed by atoms with E-state index in [1.54, 1.807) is 0 Å². The molecular formula is C5H7O5P. The molecule has 0 aromatic heterocycles. The van der Waals surface area contributed by atoms with Gasteiger partial charge < -0.3 is 14.0 Å². The van der Waals surface area contributed by atoms with E-state index in [1.165, 1.54) is 0 Å². The second-order valence-corrected chi connectivity index (χ2v) is 3.29. The van der Waals surface area contributed by atoms with Crippen molar-refractivity contribution in [2.75, 3.05) is 6.61 Å². The van der Waals surface area contributed by atoms with Gasteiger partial charge in [-0.25, -0.2) is 4.79 Å². The Bertz CT molecular complexity index is 201. The van der Waals surface area contributed by atoms with Gasteiger partial charge in [0.05, 0.1) is 6.26 Å². The summed E-state index contributed by atoms with van der Waals surface area (Å²) in [6, 6.07) is 0. The standard InChI is InChI=1S/C5H7O5P/c1-2-9-11(7)4-3-8-5(6)10-4/h2,4,11H,1,3H2. The van der Waals surface area contributed by atoms with Crippen LogP contribution in [0.4, 0.5) is 4.79 Å². The van der Waals surface area contributed by atoms with Gasteiger partial charge in [0.25, 0.3) is 8.03 Å². The molecule has 0 spiro atoms. The van der Waals surface area contributed by atoms with Crippen LogP contribution < -0.4 is 0 Å². The minimum absolute atomic E-state index is 0.00945. The molecule has 0 amide bonds. The Morgan fingerprint density at radius 3 is 3.00 bits per heavy atom. The van der Waals surface area contributed by atoms with Crippen LogP contribution in [0.1, 0.15) is 0 Å². The lowest BCUT2D eigenvalue weighted by Crippen LogP contribution is -2.03. The predicted octanol–water partition coefficient (Wildman–Crippen LogP) is 1.11. The van der Waals surface area contributed by atoms with E-state index in [0.717, 1.165) is 6.26 Å². The lowest BCUT2D eigenvalue weighted by atomic mass is 10.8. The van der Waals surface area contributed by atoms with Crippen LogP contribution in [0.15, 0.2) is 12.8 Å². The number of hydrogen-bond acceptors (Lipinski definition) is 5. The van der Waals surface area contributed by atoms with Crippen LogP contribution in [0.3, 0.4) is 0 Å². The second kappa shape index (κ2) is 3.44. The van der Waals surface area contributed by atoms with E-state index in [1.807, 2.05) is 0 Å². The number of carbonyl (C=O) groups is 1. The maximum Gasteiger partial charge on any atom is 0.509 e. The Hall–Kier alpha value is -0.960. The lowest BCUT2D eigenvalue weighted by molar-refractivity contribution is 0.127. The fourth-order valence-electron chi connectivity index (χ4n) is 0.602. The molecule has 2 atom stereocenters. The number of carbonyl (C=O) groups excluding carboxylic acids is 1. The second-order valence-electron chi connectivity index (χ2n) is 1.77. The van der Waals surface area contributed by atoms with Crippen molar-refractivity contribution in [1.82, 2.24) is 0 Å². The van der Waals surface area contributed by atoms with Gasteiger partial charge in [-0.1, -0.05) is 6.58 Å². The van der Waals surface area contributed by atoms with Gasteiger partial charge in [0, 0.05) is 0 Å². The molecule has 0 N–H and O–H groups in total. The molecule has 0 aromatic carbocycles. The van der Waals surface area contributed by atoms with E-state index in [0.29, 0.717) is 0 Å². The normalized spacial score (nSPS) is 25.1. The third-order valence-corrected chi connectivity index (χ3v) is 2.26. The zero-order valence-corrected chi connectivity index (χ0v) is 6.61. The van der Waals surface area contributed by atoms with Crippen LogP contribution in [-0.4, -0.2) is 18.6 Å². The molecule has 0 bridgehead atoms. The smallest absolute Gasteiger partial charge is 0.451 e. The highest BCUT2D eigenvalue weighted by atomic mass is 31.1. The zero-order chi connectivity index (χ0) is 8.27. The molecule has 0 aromatic rings. The average Bonchev–Trinajstić information content (AvgIpc) is 2.36. The highest BCUT2D eigenvalue weighted by Gasteiger charge is 2.30. The topological polar surface area (TPSA) is 61.8 Å². The van der Waals surface area contributed by atoms with Crippen molar-refractivity contribution in [3.8, 4) is 0 Å². The summed E-state index contributed by atoms with van der Waals surface area (Å²) in [5, 5.41) is 0. The van der Waals surface area contributed by atoms with E-state index in [4.69, 9.17) is 0 Å². The molecular weight excluding hydrogens is 171 g/mol. The van der Waals surface area contributed by atoms with Gasteiger partial charge in [-0.3, -0.25) is 4.57 Å². The molecule has 1 saturated heterocycles. The molecule has 62 valence electrons. The summed E-state index contributed by atoms with van der Waals surface area (Å²) in [5.41, 5.74) is 0. The molecule has 2 unspecified atom stereocenters. The summed E-state index contributed by atoms with van der Waals surface area (Å²) in [4.78, 5) is 10.3. The van der Waals surface area contributed by atoms with E-state index >= 15 is 0 Å². The Morgan fingerprint density at radius 2 is 2.55 bits per heavy atom. The summed E-state index contributed by atoms with van der Waals surface area (Å²) in [6.45, 7) is 3.20. The summed E-state index contributed by atoms with van der Waals surface area (Å²) in [7, 11) is -2.39. The molecule has 0 aliphatic carbocycles. The highest BCUT2D eigenvalue weighted by molar-refractivity contribution is 7.40. The van der Waals surface area contributed by atoms with E-state index < -0.39 is 20.0 Å². The Balaban J connectivity index is 2.42. The fraction of sp³-hybridized carbons (Fsp3) is 0.400. The van der Waals surface area contributed by atoms with E-state index in [-0.39, 0.29) is 6.61 Å². The van der Waals surface area contributed by atoms with Crippen molar-refractivity contribution in [2.45, 2.75) is 5.85 Å². The molecule has 0 radical (unpaired) electrons.